The zero-order valence-corrected chi connectivity index (χ0v) is 22.8. The van der Waals surface area contributed by atoms with E-state index in [9.17, 15) is 89.0 Å². The molecule has 0 aromatic rings. The summed E-state index contributed by atoms with van der Waals surface area (Å²) in [7, 11) is 0. The largest absolute Gasteiger partial charge is 0.481 e. The van der Waals surface area contributed by atoms with Crippen molar-refractivity contribution in [2.45, 2.75) is 124 Å². The van der Waals surface area contributed by atoms with Gasteiger partial charge in [-0.1, -0.05) is 38.5 Å². The Morgan fingerprint density at radius 3 is 1.22 bits per heavy atom. The van der Waals surface area contributed by atoms with Gasteiger partial charge in [-0.25, -0.2) is 4.79 Å². The Morgan fingerprint density at radius 2 is 0.848 bits per heavy atom. The molecule has 2 N–H and O–H groups in total. The van der Waals surface area contributed by atoms with Gasteiger partial charge in [-0.2, -0.15) is 74.6 Å². The van der Waals surface area contributed by atoms with E-state index in [0.29, 0.717) is 6.42 Å². The standard InChI is InChI=1S/C23H25F17O6/c24-16(25,10-8-6-4-2-1-3-5-7-9-14(43)46-12(15(44)45)11-13(41)42)17(26,27)18(28,29)19(30,31)20(32,33)21(34,35)22(36,37)23(38,39)40/h12H,1-11H2,(H,41,42)(H,44,45). The number of carboxylic acid groups (broad SMARTS) is 2. The zero-order chi connectivity index (χ0) is 36.8. The molecule has 1 atom stereocenters. The van der Waals surface area contributed by atoms with Crippen LogP contribution in [0, 0.1) is 0 Å². The number of hydrogen-bond donors (Lipinski definition) is 2. The lowest BCUT2D eigenvalue weighted by molar-refractivity contribution is -0.461. The number of rotatable bonds is 21. The highest BCUT2D eigenvalue weighted by Gasteiger charge is 2.95. The van der Waals surface area contributed by atoms with Crippen molar-refractivity contribution in [3.63, 3.8) is 0 Å². The smallest absolute Gasteiger partial charge is 0.460 e. The van der Waals surface area contributed by atoms with Crippen LogP contribution in [0.4, 0.5) is 74.6 Å². The van der Waals surface area contributed by atoms with Gasteiger partial charge in [-0.05, 0) is 12.8 Å². The van der Waals surface area contributed by atoms with Gasteiger partial charge in [-0.3, -0.25) is 9.59 Å². The van der Waals surface area contributed by atoms with Gasteiger partial charge in [-0.15, -0.1) is 0 Å². The van der Waals surface area contributed by atoms with Crippen LogP contribution in [0.2, 0.25) is 0 Å². The second-order valence-electron chi connectivity index (χ2n) is 9.89. The molecule has 1 unspecified atom stereocenters. The van der Waals surface area contributed by atoms with Crippen molar-refractivity contribution in [3.05, 3.63) is 0 Å². The summed E-state index contributed by atoms with van der Waals surface area (Å²) in [6.45, 7) is 0. The molecular weight excluding hydrogens is 695 g/mol. The number of esters is 1. The summed E-state index contributed by atoms with van der Waals surface area (Å²) in [5.74, 6) is -60.6. The van der Waals surface area contributed by atoms with Gasteiger partial charge < -0.3 is 14.9 Å². The van der Waals surface area contributed by atoms with Gasteiger partial charge in [0.05, 0.1) is 6.42 Å². The fourth-order valence-electron chi connectivity index (χ4n) is 3.59. The van der Waals surface area contributed by atoms with Gasteiger partial charge >= 0.3 is 65.5 Å². The fraction of sp³-hybridized carbons (Fsp3) is 0.870. The van der Waals surface area contributed by atoms with E-state index < -0.39 is 97.3 Å². The van der Waals surface area contributed by atoms with E-state index in [1.54, 1.807) is 0 Å². The molecule has 0 fully saturated rings. The van der Waals surface area contributed by atoms with Gasteiger partial charge in [0.1, 0.15) is 0 Å². The van der Waals surface area contributed by atoms with E-state index in [4.69, 9.17) is 10.2 Å². The number of carboxylic acids is 2. The average Bonchev–Trinajstić information content (AvgIpc) is 2.87. The quantitative estimate of drug-likeness (QED) is 0.0703. The number of ether oxygens (including phenoxy) is 1. The molecule has 0 aromatic carbocycles. The Bertz CT molecular complexity index is 1040. The third-order valence-electron chi connectivity index (χ3n) is 6.32. The summed E-state index contributed by atoms with van der Waals surface area (Å²) in [5.41, 5.74) is 0. The third kappa shape index (κ3) is 8.97. The summed E-state index contributed by atoms with van der Waals surface area (Å²) in [6.07, 6.45) is -14.3. The van der Waals surface area contributed by atoms with Gasteiger partial charge in [0.15, 0.2) is 0 Å². The van der Waals surface area contributed by atoms with Crippen LogP contribution < -0.4 is 0 Å². The highest BCUT2D eigenvalue weighted by Crippen LogP contribution is 2.64. The van der Waals surface area contributed by atoms with Crippen molar-refractivity contribution in [2.24, 2.45) is 0 Å². The molecule has 0 saturated heterocycles. The summed E-state index contributed by atoms with van der Waals surface area (Å²) >= 11 is 0. The van der Waals surface area contributed by atoms with Crippen LogP contribution in [0.1, 0.15) is 70.6 Å². The SMILES string of the molecule is O=C(O)CC(OC(=O)CCCCCCCCCCC(F)(F)C(F)(F)C(F)(F)C(F)(F)C(F)(F)C(F)(F)C(F)(F)C(F)(F)F)C(=O)O. The van der Waals surface area contributed by atoms with Crippen LogP contribution in [0.25, 0.3) is 0 Å². The minimum atomic E-state index is -8.65. The Morgan fingerprint density at radius 1 is 0.500 bits per heavy atom. The maximum Gasteiger partial charge on any atom is 0.460 e. The summed E-state index contributed by atoms with van der Waals surface area (Å²) in [5, 5.41) is 17.3. The number of unbranched alkanes of at least 4 members (excludes halogenated alkanes) is 7. The molecule has 46 heavy (non-hydrogen) atoms. The lowest BCUT2D eigenvalue weighted by Crippen LogP contribution is -2.74. The average molecular weight is 720 g/mol. The highest BCUT2D eigenvalue weighted by molar-refractivity contribution is 5.82. The highest BCUT2D eigenvalue weighted by atomic mass is 19.4. The molecule has 0 aliphatic carbocycles. The predicted molar refractivity (Wildman–Crippen MR) is 117 cm³/mol. The number of hydrogen-bond acceptors (Lipinski definition) is 4. The molecule has 6 nitrogen and oxygen atoms in total. The van der Waals surface area contributed by atoms with E-state index in [-0.39, 0.29) is 38.5 Å². The van der Waals surface area contributed by atoms with Crippen LogP contribution in [0.3, 0.4) is 0 Å². The van der Waals surface area contributed by atoms with Gasteiger partial charge in [0.25, 0.3) is 0 Å². The van der Waals surface area contributed by atoms with Crippen LogP contribution >= 0.6 is 0 Å². The lowest BCUT2D eigenvalue weighted by Gasteiger charge is -2.42. The molecule has 0 rings (SSSR count). The minimum absolute atomic E-state index is 0.108. The van der Waals surface area contributed by atoms with Crippen LogP contribution in [-0.4, -0.2) is 81.9 Å². The van der Waals surface area contributed by atoms with Crippen molar-refractivity contribution < 1.29 is 104 Å². The molecule has 23 heteroatoms. The molecule has 0 spiro atoms. The van der Waals surface area contributed by atoms with E-state index in [0.717, 1.165) is 0 Å². The molecule has 0 saturated carbocycles. The van der Waals surface area contributed by atoms with Crippen molar-refractivity contribution in [2.75, 3.05) is 0 Å². The summed E-state index contributed by atoms with van der Waals surface area (Å²) < 4.78 is 230. The number of halogens is 17. The van der Waals surface area contributed by atoms with Crippen LogP contribution in [0.15, 0.2) is 0 Å². The normalized spacial score (nSPS) is 15.1. The monoisotopic (exact) mass is 720 g/mol. The second-order valence-corrected chi connectivity index (χ2v) is 9.89. The first kappa shape index (κ1) is 43.2. The molecule has 0 heterocycles. The number of aliphatic carboxylic acids is 2. The number of carbonyl (C=O) groups is 3. The maximum atomic E-state index is 13.9. The molecular formula is C23H25F17O6. The molecule has 272 valence electrons. The number of alkyl halides is 17. The molecule has 0 aliphatic heterocycles. The van der Waals surface area contributed by atoms with Gasteiger partial charge in [0.2, 0.25) is 6.10 Å². The van der Waals surface area contributed by atoms with Crippen molar-refractivity contribution in [1.82, 2.24) is 0 Å². The van der Waals surface area contributed by atoms with Crippen LogP contribution in [-0.2, 0) is 19.1 Å². The first-order valence-electron chi connectivity index (χ1n) is 12.7. The topological polar surface area (TPSA) is 101 Å². The van der Waals surface area contributed by atoms with E-state index in [1.165, 1.54) is 0 Å². The van der Waals surface area contributed by atoms with E-state index in [1.807, 2.05) is 0 Å². The molecule has 0 bridgehead atoms. The van der Waals surface area contributed by atoms with Gasteiger partial charge in [0, 0.05) is 12.8 Å². The maximum absolute atomic E-state index is 13.9. The Labute approximate surface area is 247 Å². The predicted octanol–water partition coefficient (Wildman–Crippen LogP) is 8.37. The Balaban J connectivity index is 5.05. The minimum Gasteiger partial charge on any atom is -0.481 e. The summed E-state index contributed by atoms with van der Waals surface area (Å²) in [4.78, 5) is 32.9. The van der Waals surface area contributed by atoms with Crippen molar-refractivity contribution >= 4 is 17.9 Å². The number of carbonyl (C=O) groups excluding carboxylic acids is 1. The molecule has 0 aromatic heterocycles. The fourth-order valence-corrected chi connectivity index (χ4v) is 3.59. The van der Waals surface area contributed by atoms with E-state index >= 15 is 0 Å². The molecule has 0 aliphatic rings. The third-order valence-corrected chi connectivity index (χ3v) is 6.32. The summed E-state index contributed by atoms with van der Waals surface area (Å²) in [6, 6.07) is 0. The van der Waals surface area contributed by atoms with Crippen LogP contribution in [0.5, 0.6) is 0 Å². The first-order chi connectivity index (χ1) is 20.4. The Kier molecular flexibility index (Phi) is 14.1. The molecule has 0 radical (unpaired) electrons. The lowest BCUT2D eigenvalue weighted by atomic mass is 9.87. The zero-order valence-electron chi connectivity index (χ0n) is 22.8. The first-order valence-corrected chi connectivity index (χ1v) is 12.7. The van der Waals surface area contributed by atoms with E-state index in [2.05, 4.69) is 4.74 Å². The second kappa shape index (κ2) is 15.0. The van der Waals surface area contributed by atoms with Crippen molar-refractivity contribution in [3.8, 4) is 0 Å². The van der Waals surface area contributed by atoms with Crippen molar-refractivity contribution in [1.29, 1.82) is 0 Å². The molecule has 0 amide bonds. The Hall–Kier alpha value is -2.78.